The van der Waals surface area contributed by atoms with Crippen LogP contribution in [0.5, 0.6) is 0 Å². The second-order valence-corrected chi connectivity index (χ2v) is 19.4. The fourth-order valence-corrected chi connectivity index (χ4v) is 5.85. The van der Waals surface area contributed by atoms with E-state index >= 15 is 0 Å². The van der Waals surface area contributed by atoms with Gasteiger partial charge in [0, 0.05) is 16.4 Å². The van der Waals surface area contributed by atoms with Crippen LogP contribution in [0.3, 0.4) is 0 Å². The van der Waals surface area contributed by atoms with Crippen LogP contribution in [0.4, 0.5) is 0 Å². The van der Waals surface area contributed by atoms with Gasteiger partial charge < -0.3 is 14.9 Å². The first-order chi connectivity index (χ1) is 25.0. The van der Waals surface area contributed by atoms with E-state index in [2.05, 4.69) is 119 Å². The summed E-state index contributed by atoms with van der Waals surface area (Å²) in [6.07, 6.45) is 7.42. The molecular weight excluding hydrogens is 879 g/mol. The number of alkyl halides is 2. The molecule has 0 bridgehead atoms. The Labute approximate surface area is 358 Å². The van der Waals surface area contributed by atoms with Crippen molar-refractivity contribution in [1.82, 2.24) is 0 Å². The number of ether oxygens (including phenoxy) is 1. The number of aliphatic hydroxyl groups is 2. The molecule has 0 radical (unpaired) electrons. The number of carbonyl (C=O) groups is 1. The topological polar surface area (TPSA) is 110 Å². The molecule has 326 valence electrons. The Morgan fingerprint density at radius 3 is 1.31 bits per heavy atom. The van der Waals surface area contributed by atoms with Gasteiger partial charge in [0.25, 0.3) is 10.1 Å². The predicted octanol–water partition coefficient (Wildman–Crippen LogP) is 12.8. The van der Waals surface area contributed by atoms with Gasteiger partial charge in [0.05, 0.1) is 31.1 Å². The summed E-state index contributed by atoms with van der Waals surface area (Å²) in [5.41, 5.74) is 1.03. The Bertz CT molecular complexity index is 994. The molecule has 0 spiro atoms. The number of aryl methyl sites for hydroxylation is 1. The standard InChI is InChI=1S/C12H18O3S.C8H18.C7H15Br.C7H15I.C5H10O3.C5H12O/c1-4-10(2)9-15-16(13,14)12-7-5-11(3)6-8-12;1-5-8(4)6-7(2)3;2*1-6(2)4-7(3)5-8;1-4(3-6)5(7)8-2;1-3-5(2)4-6/h5-8,10H,4,9H2,1-3H3;7-8H,5-6H2,1-4H3;2*6-7H,4-5H2,1-3H3;4,6H,3H2,1-2H3;5-6H,3-4H2,1-2H3/t10-;8-;2*7-;4-;5-/m001100/s1. The van der Waals surface area contributed by atoms with Crippen LogP contribution in [0.1, 0.15) is 148 Å². The van der Waals surface area contributed by atoms with Crippen molar-refractivity contribution in [1.29, 1.82) is 0 Å². The Kier molecular flexibility index (Phi) is 47.7. The van der Waals surface area contributed by atoms with Crippen LogP contribution in [0.15, 0.2) is 29.2 Å². The van der Waals surface area contributed by atoms with E-state index in [9.17, 15) is 13.2 Å². The second-order valence-electron chi connectivity index (χ2n) is 16.3. The molecule has 0 aliphatic rings. The molecule has 0 unspecified atom stereocenters. The minimum atomic E-state index is -3.58. The molecule has 1 aromatic rings. The summed E-state index contributed by atoms with van der Waals surface area (Å²) < 4.78 is 34.1. The maximum Gasteiger partial charge on any atom is 0.310 e. The smallest absolute Gasteiger partial charge is 0.310 e. The molecule has 0 saturated heterocycles. The van der Waals surface area contributed by atoms with Crippen molar-refractivity contribution in [2.75, 3.05) is 36.7 Å². The summed E-state index contributed by atoms with van der Waals surface area (Å²) in [4.78, 5) is 10.6. The maximum absolute atomic E-state index is 11.7. The first-order valence-corrected chi connectivity index (χ1v) is 24.4. The van der Waals surface area contributed by atoms with Crippen LogP contribution in [0.25, 0.3) is 0 Å². The third-order valence-electron chi connectivity index (χ3n) is 8.25. The molecule has 0 amide bonds. The van der Waals surface area contributed by atoms with E-state index < -0.39 is 10.1 Å². The molecule has 0 aromatic heterocycles. The largest absolute Gasteiger partial charge is 0.469 e. The molecule has 7 nitrogen and oxygen atoms in total. The number of rotatable bonds is 18. The zero-order valence-corrected chi connectivity index (χ0v) is 42.4. The van der Waals surface area contributed by atoms with E-state index in [4.69, 9.17) is 14.4 Å². The lowest BCUT2D eigenvalue weighted by Gasteiger charge is -2.09. The number of carbonyl (C=O) groups excluding carboxylic acids is 1. The second kappa shape index (κ2) is 40.9. The lowest BCUT2D eigenvalue weighted by molar-refractivity contribution is -0.146. The highest BCUT2D eigenvalue weighted by molar-refractivity contribution is 14.1. The number of hydrogen-bond acceptors (Lipinski definition) is 7. The monoisotopic (exact) mass is 966 g/mol. The minimum Gasteiger partial charge on any atom is -0.469 e. The van der Waals surface area contributed by atoms with Gasteiger partial charge in [-0.25, -0.2) is 0 Å². The zero-order chi connectivity index (χ0) is 43.4. The molecule has 0 heterocycles. The van der Waals surface area contributed by atoms with Crippen LogP contribution < -0.4 is 0 Å². The summed E-state index contributed by atoms with van der Waals surface area (Å²) in [5.74, 6) is 5.27. The molecule has 0 fully saturated rings. The molecule has 54 heavy (non-hydrogen) atoms. The quantitative estimate of drug-likeness (QED) is 0.0652. The number of methoxy groups -OCH3 is 1. The van der Waals surface area contributed by atoms with Crippen molar-refractivity contribution < 1.29 is 32.3 Å². The first kappa shape index (κ1) is 62.9. The van der Waals surface area contributed by atoms with Crippen molar-refractivity contribution in [3.8, 4) is 0 Å². The molecule has 0 saturated carbocycles. The highest BCUT2D eigenvalue weighted by atomic mass is 127. The predicted molar refractivity (Wildman–Crippen MR) is 247 cm³/mol. The fraction of sp³-hybridized carbons (Fsp3) is 0.841. The third-order valence-corrected chi connectivity index (χ3v) is 12.2. The van der Waals surface area contributed by atoms with Gasteiger partial charge in [0.15, 0.2) is 0 Å². The highest BCUT2D eigenvalue weighted by Crippen LogP contribution is 2.16. The molecule has 1 rings (SSSR count). The van der Waals surface area contributed by atoms with Crippen molar-refractivity contribution in [3.63, 3.8) is 0 Å². The third kappa shape index (κ3) is 46.1. The highest BCUT2D eigenvalue weighted by Gasteiger charge is 2.16. The van der Waals surface area contributed by atoms with E-state index in [-0.39, 0.29) is 35.9 Å². The van der Waals surface area contributed by atoms with Crippen LogP contribution in [0.2, 0.25) is 0 Å². The van der Waals surface area contributed by atoms with Gasteiger partial charge in [-0.3, -0.25) is 8.98 Å². The number of aliphatic hydroxyl groups excluding tert-OH is 2. The van der Waals surface area contributed by atoms with E-state index in [1.165, 1.54) is 37.2 Å². The molecule has 6 atom stereocenters. The van der Waals surface area contributed by atoms with Gasteiger partial charge in [0.2, 0.25) is 0 Å². The average molecular weight is 968 g/mol. The summed E-state index contributed by atoms with van der Waals surface area (Å²) >= 11 is 5.89. The Hall–Kier alpha value is -0.270. The summed E-state index contributed by atoms with van der Waals surface area (Å²) in [6.45, 7) is 34.8. The SMILES string of the molecule is CC(C)C[C@@H](C)CBr.CC(C)C[C@@H](C)CI.CC[C@H](C)CC(C)C.CC[C@H](C)CO.CC[C@H](C)COS(=O)(=O)c1ccc(C)cc1.COC(=O)[C@@H](C)CO. The van der Waals surface area contributed by atoms with Crippen LogP contribution >= 0.6 is 38.5 Å². The van der Waals surface area contributed by atoms with E-state index in [0.29, 0.717) is 12.5 Å². The van der Waals surface area contributed by atoms with Gasteiger partial charge in [-0.2, -0.15) is 8.42 Å². The fourth-order valence-electron chi connectivity index (χ4n) is 4.21. The average Bonchev–Trinajstić information content (AvgIpc) is 3.13. The molecule has 10 heteroatoms. The molecular formula is C44H88BrIO7S. The number of hydrogen-bond donors (Lipinski definition) is 2. The van der Waals surface area contributed by atoms with Crippen molar-refractivity contribution in [2.45, 2.75) is 154 Å². The van der Waals surface area contributed by atoms with Crippen molar-refractivity contribution in [2.24, 2.45) is 53.3 Å². The van der Waals surface area contributed by atoms with E-state index in [0.717, 1.165) is 59.2 Å². The summed E-state index contributed by atoms with van der Waals surface area (Å²) in [6, 6.07) is 6.67. The Morgan fingerprint density at radius 1 is 0.685 bits per heavy atom. The Balaban J connectivity index is -0.000000185. The van der Waals surface area contributed by atoms with Gasteiger partial charge in [-0.05, 0) is 92.6 Å². The summed E-state index contributed by atoms with van der Waals surface area (Å²) in [5, 5.41) is 17.8. The lowest BCUT2D eigenvalue weighted by Crippen LogP contribution is -2.15. The van der Waals surface area contributed by atoms with Crippen LogP contribution in [0, 0.1) is 60.2 Å². The number of halogens is 2. The van der Waals surface area contributed by atoms with E-state index in [1.807, 2.05) is 27.7 Å². The number of benzene rings is 1. The van der Waals surface area contributed by atoms with Crippen molar-refractivity contribution >= 4 is 54.6 Å². The minimum absolute atomic E-state index is 0.146. The molecule has 0 aliphatic carbocycles. The van der Waals surface area contributed by atoms with Gasteiger partial charge in [0.1, 0.15) is 0 Å². The first-order valence-electron chi connectivity index (χ1n) is 20.4. The number of esters is 1. The van der Waals surface area contributed by atoms with E-state index in [1.54, 1.807) is 31.2 Å². The van der Waals surface area contributed by atoms with Gasteiger partial charge in [-0.1, -0.05) is 172 Å². The summed E-state index contributed by atoms with van der Waals surface area (Å²) in [7, 11) is -2.28. The van der Waals surface area contributed by atoms with Crippen molar-refractivity contribution in [3.05, 3.63) is 29.8 Å². The molecule has 2 N–H and O–H groups in total. The molecule has 1 aromatic carbocycles. The van der Waals surface area contributed by atoms with Crippen LogP contribution in [-0.4, -0.2) is 61.3 Å². The van der Waals surface area contributed by atoms with Crippen LogP contribution in [-0.2, 0) is 23.8 Å². The van der Waals surface area contributed by atoms with Gasteiger partial charge in [-0.15, -0.1) is 0 Å². The zero-order valence-electron chi connectivity index (χ0n) is 37.9. The Morgan fingerprint density at radius 2 is 1.09 bits per heavy atom. The molecule has 0 aliphatic heterocycles. The lowest BCUT2D eigenvalue weighted by atomic mass is 9.97. The maximum atomic E-state index is 11.7. The van der Waals surface area contributed by atoms with Gasteiger partial charge >= 0.3 is 5.97 Å². The normalized spacial score (nSPS) is 14.1.